The first-order chi connectivity index (χ1) is 9.11. The van der Waals surface area contributed by atoms with Gasteiger partial charge < -0.3 is 27.7 Å². The van der Waals surface area contributed by atoms with Crippen molar-refractivity contribution >= 4 is 0 Å². The van der Waals surface area contributed by atoms with E-state index in [1.165, 1.54) is 19.3 Å². The van der Waals surface area contributed by atoms with Gasteiger partial charge in [-0.25, -0.2) is 0 Å². The van der Waals surface area contributed by atoms with E-state index in [1.54, 1.807) is 41.5 Å². The van der Waals surface area contributed by atoms with Crippen molar-refractivity contribution < 1.29 is 37.0 Å². The maximum atomic E-state index is 8.06. The molecular weight excluding hydrogens is 300 g/mol. The Labute approximate surface area is 148 Å². The van der Waals surface area contributed by atoms with Crippen LogP contribution in [0.15, 0.2) is 0 Å². The van der Waals surface area contributed by atoms with Gasteiger partial charge in [0.15, 0.2) is 0 Å². The van der Waals surface area contributed by atoms with Gasteiger partial charge in [-0.15, -0.1) is 0 Å². The summed E-state index contributed by atoms with van der Waals surface area (Å²) in [6.07, 6.45) is 11.9. The third-order valence-electron chi connectivity index (χ3n) is 1.16. The summed E-state index contributed by atoms with van der Waals surface area (Å²) >= 11 is 0. The minimum atomic E-state index is -0.167. The Morgan fingerprint density at radius 2 is 1.05 bits per heavy atom. The van der Waals surface area contributed by atoms with E-state index in [4.69, 9.17) is 21.7 Å². The molecule has 0 aromatic heterocycles. The fourth-order valence-electron chi connectivity index (χ4n) is 0.640. The van der Waals surface area contributed by atoms with E-state index in [2.05, 4.69) is 12.8 Å². The summed E-state index contributed by atoms with van der Waals surface area (Å²) in [6, 6.07) is 0. The molecule has 3 nitrogen and oxygen atoms in total. The first kappa shape index (κ1) is 32.9. The van der Waals surface area contributed by atoms with Crippen molar-refractivity contribution in [2.24, 2.45) is 0 Å². The molecule has 128 valence electrons. The zero-order valence-corrected chi connectivity index (χ0v) is 16.7. The van der Waals surface area contributed by atoms with Crippen LogP contribution >= 0.6 is 0 Å². The molecule has 0 amide bonds. The van der Waals surface area contributed by atoms with Gasteiger partial charge in [-0.3, -0.25) is 0 Å². The minimum Gasteiger partial charge on any atom is -0.694 e. The summed E-state index contributed by atoms with van der Waals surface area (Å²) in [4.78, 5) is 0. The third kappa shape index (κ3) is 250. The second-order valence-corrected chi connectivity index (χ2v) is 5.27. The van der Waals surface area contributed by atoms with Crippen LogP contribution in [-0.2, 0) is 21.7 Å². The van der Waals surface area contributed by atoms with Gasteiger partial charge in [0, 0.05) is 40.0 Å². The smallest absolute Gasteiger partial charge is 0.0483 e. The molecule has 0 spiro atoms. The Morgan fingerprint density at radius 1 is 0.762 bits per heavy atom. The molecule has 0 aliphatic heterocycles. The molecule has 4 heteroatoms. The minimum absolute atomic E-state index is 0. The summed E-state index contributed by atoms with van der Waals surface area (Å²) in [5.74, 6) is 2.38. The second kappa shape index (κ2) is 32.2. The van der Waals surface area contributed by atoms with Gasteiger partial charge in [0.25, 0.3) is 0 Å². The number of aliphatic hydroxyl groups is 3. The van der Waals surface area contributed by atoms with Gasteiger partial charge in [0.1, 0.15) is 0 Å². The normalized spacial score (nSPS) is 8.38. The molecule has 0 aliphatic carbocycles. The summed E-state index contributed by atoms with van der Waals surface area (Å²) in [5, 5.41) is 24.2. The van der Waals surface area contributed by atoms with Gasteiger partial charge >= 0.3 is 0 Å². The fraction of sp³-hybridized carbons (Fsp3) is 0.882. The average Bonchev–Trinajstić information content (AvgIpc) is 2.22. The molecule has 0 bridgehead atoms. The maximum Gasteiger partial charge on any atom is 0.0483 e. The topological polar surface area (TPSA) is 60.7 Å². The SMILES string of the molecule is CC(C)O.CC(C)O.CC(C)O.[C-]#CCCCCCC.[Ti]. The van der Waals surface area contributed by atoms with Crippen molar-refractivity contribution in [2.75, 3.05) is 0 Å². The number of unbranched alkanes of at least 4 members (excludes halogenated alkanes) is 4. The van der Waals surface area contributed by atoms with Gasteiger partial charge in [-0.1, -0.05) is 26.2 Å². The molecule has 0 heterocycles. The molecule has 0 unspecified atom stereocenters. The van der Waals surface area contributed by atoms with Crippen molar-refractivity contribution in [1.29, 1.82) is 0 Å². The zero-order valence-electron chi connectivity index (χ0n) is 15.1. The predicted octanol–water partition coefficient (Wildman–Crippen LogP) is 3.71. The Hall–Kier alpha value is 0.154. The van der Waals surface area contributed by atoms with Crippen molar-refractivity contribution in [3.05, 3.63) is 6.42 Å². The van der Waals surface area contributed by atoms with Crippen molar-refractivity contribution in [3.63, 3.8) is 0 Å². The molecule has 0 rings (SSSR count). The van der Waals surface area contributed by atoms with Gasteiger partial charge in [0.2, 0.25) is 0 Å². The summed E-state index contributed by atoms with van der Waals surface area (Å²) in [5.41, 5.74) is 0. The van der Waals surface area contributed by atoms with Crippen LogP contribution in [0.3, 0.4) is 0 Å². The van der Waals surface area contributed by atoms with E-state index in [0.717, 1.165) is 12.8 Å². The fourth-order valence-corrected chi connectivity index (χ4v) is 0.640. The van der Waals surface area contributed by atoms with E-state index in [-0.39, 0.29) is 40.0 Å². The molecular formula is C17H37O3Ti-. The molecule has 0 radical (unpaired) electrons. The van der Waals surface area contributed by atoms with E-state index in [1.807, 2.05) is 0 Å². The maximum absolute atomic E-state index is 8.06. The standard InChI is InChI=1S/C8H13.3C3H8O.Ti/c1-3-5-7-8-6-4-2;3*1-3(2)4;/h3,5-8H2,1H3;3*3-4H,1-2H3;/q-1;;;;. The zero-order chi connectivity index (χ0) is 17.0. The average molecular weight is 337 g/mol. The van der Waals surface area contributed by atoms with Crippen LogP contribution < -0.4 is 0 Å². The summed E-state index contributed by atoms with van der Waals surface area (Å²) < 4.78 is 0. The van der Waals surface area contributed by atoms with Crippen LogP contribution in [0, 0.1) is 12.3 Å². The largest absolute Gasteiger partial charge is 0.694 e. The molecule has 0 saturated carbocycles. The summed E-state index contributed by atoms with van der Waals surface area (Å²) in [7, 11) is 0. The van der Waals surface area contributed by atoms with E-state index in [9.17, 15) is 0 Å². The Balaban J connectivity index is -0.0000000570. The Kier molecular flexibility index (Phi) is 50.5. The number of hydrogen-bond donors (Lipinski definition) is 3. The van der Waals surface area contributed by atoms with Crippen LogP contribution in [0.2, 0.25) is 0 Å². The van der Waals surface area contributed by atoms with Crippen LogP contribution in [0.25, 0.3) is 0 Å². The van der Waals surface area contributed by atoms with Crippen LogP contribution in [0.5, 0.6) is 0 Å². The molecule has 3 N–H and O–H groups in total. The van der Waals surface area contributed by atoms with Crippen molar-refractivity contribution in [1.82, 2.24) is 0 Å². The molecule has 0 saturated heterocycles. The number of aliphatic hydroxyl groups excluding tert-OH is 3. The van der Waals surface area contributed by atoms with Gasteiger partial charge in [0.05, 0.1) is 0 Å². The Bertz CT molecular complexity index is 153. The van der Waals surface area contributed by atoms with E-state index in [0.29, 0.717) is 0 Å². The molecule has 0 fully saturated rings. The van der Waals surface area contributed by atoms with Crippen LogP contribution in [-0.4, -0.2) is 33.6 Å². The van der Waals surface area contributed by atoms with Crippen LogP contribution in [0.1, 0.15) is 80.6 Å². The molecule has 0 aromatic carbocycles. The van der Waals surface area contributed by atoms with Gasteiger partial charge in [-0.2, -0.15) is 0 Å². The monoisotopic (exact) mass is 337 g/mol. The molecule has 0 atom stereocenters. The van der Waals surface area contributed by atoms with Crippen LogP contribution in [0.4, 0.5) is 0 Å². The molecule has 0 aromatic rings. The third-order valence-corrected chi connectivity index (χ3v) is 1.16. The molecule has 21 heavy (non-hydrogen) atoms. The van der Waals surface area contributed by atoms with Crippen molar-refractivity contribution in [2.45, 2.75) is 98.9 Å². The van der Waals surface area contributed by atoms with E-state index >= 15 is 0 Å². The number of hydrogen-bond acceptors (Lipinski definition) is 3. The predicted molar refractivity (Wildman–Crippen MR) is 88.0 cm³/mol. The first-order valence-electron chi connectivity index (χ1n) is 7.55. The quantitative estimate of drug-likeness (QED) is 0.317. The molecule has 0 aliphatic rings. The van der Waals surface area contributed by atoms with Crippen molar-refractivity contribution in [3.8, 4) is 5.92 Å². The number of rotatable bonds is 4. The van der Waals surface area contributed by atoms with Gasteiger partial charge in [-0.05, 0) is 54.4 Å². The Morgan fingerprint density at radius 3 is 1.24 bits per heavy atom. The first-order valence-corrected chi connectivity index (χ1v) is 7.55. The van der Waals surface area contributed by atoms with E-state index < -0.39 is 0 Å². The second-order valence-electron chi connectivity index (χ2n) is 5.27. The summed E-state index contributed by atoms with van der Waals surface area (Å²) in [6.45, 7) is 12.5.